The van der Waals surface area contributed by atoms with Crippen LogP contribution in [0, 0.1) is 13.8 Å². The summed E-state index contributed by atoms with van der Waals surface area (Å²) in [5, 5.41) is 0.640. The molecule has 3 heterocycles. The molecule has 146 valence electrons. The van der Waals surface area contributed by atoms with E-state index in [1.807, 2.05) is 13.8 Å². The molecule has 0 amide bonds. The first-order chi connectivity index (χ1) is 13.4. The number of rotatable bonds is 6. The monoisotopic (exact) mass is 405 g/mol. The van der Waals surface area contributed by atoms with Gasteiger partial charge >= 0.3 is 6.29 Å². The fraction of sp³-hybridized carbons (Fsp3) is 0.263. The second kappa shape index (κ2) is 6.97. The van der Waals surface area contributed by atoms with Crippen LogP contribution in [-0.2, 0) is 5.75 Å². The van der Waals surface area contributed by atoms with E-state index in [2.05, 4.69) is 31.0 Å². The molecule has 0 saturated carbocycles. The molecule has 9 heteroatoms. The van der Waals surface area contributed by atoms with E-state index < -0.39 is 6.29 Å². The van der Waals surface area contributed by atoms with Crippen molar-refractivity contribution in [1.29, 1.82) is 0 Å². The summed E-state index contributed by atoms with van der Waals surface area (Å²) in [5.74, 6) is 1.33. The van der Waals surface area contributed by atoms with Crippen molar-refractivity contribution in [1.82, 2.24) is 15.0 Å². The zero-order valence-electron chi connectivity index (χ0n) is 15.2. The number of imidazole rings is 1. The second-order valence-electron chi connectivity index (χ2n) is 6.26. The Bertz CT molecular complexity index is 1020. The zero-order valence-corrected chi connectivity index (χ0v) is 16.0. The number of ether oxygens (including phenoxy) is 3. The first kappa shape index (κ1) is 18.5. The molecular formula is C19H17F2N3O3S. The molecule has 6 nitrogen and oxygen atoms in total. The quantitative estimate of drug-likeness (QED) is 0.471. The number of fused-ring (bicyclic) bond motifs is 2. The number of hydrogen-bond donors (Lipinski definition) is 1. The number of aryl methyl sites for hydroxylation is 1. The average molecular weight is 405 g/mol. The van der Waals surface area contributed by atoms with Crippen LogP contribution < -0.4 is 14.2 Å². The third kappa shape index (κ3) is 3.49. The predicted molar refractivity (Wildman–Crippen MR) is 101 cm³/mol. The third-order valence-corrected chi connectivity index (χ3v) is 5.10. The van der Waals surface area contributed by atoms with E-state index in [1.54, 1.807) is 12.3 Å². The summed E-state index contributed by atoms with van der Waals surface area (Å²) in [6.45, 7) is 8.01. The van der Waals surface area contributed by atoms with Gasteiger partial charge in [0.25, 0.3) is 0 Å². The number of benzene rings is 1. The van der Waals surface area contributed by atoms with E-state index in [4.69, 9.17) is 4.74 Å². The van der Waals surface area contributed by atoms with Gasteiger partial charge in [0.05, 0.1) is 16.7 Å². The Morgan fingerprint density at radius 1 is 1.29 bits per heavy atom. The van der Waals surface area contributed by atoms with Crippen molar-refractivity contribution in [2.45, 2.75) is 31.1 Å². The first-order valence-corrected chi connectivity index (χ1v) is 9.46. The van der Waals surface area contributed by atoms with Gasteiger partial charge in [0.15, 0.2) is 16.7 Å². The third-order valence-electron chi connectivity index (χ3n) is 4.22. The van der Waals surface area contributed by atoms with Crippen molar-refractivity contribution >= 4 is 22.8 Å². The number of nitrogens with one attached hydrogen (secondary N) is 1. The number of pyridine rings is 1. The number of H-pyrrole nitrogens is 1. The highest BCUT2D eigenvalue weighted by Crippen LogP contribution is 2.43. The number of alkyl halides is 2. The minimum atomic E-state index is -3.64. The van der Waals surface area contributed by atoms with Crippen LogP contribution in [0.15, 0.2) is 36.1 Å². The normalized spacial score (nSPS) is 14.4. The average Bonchev–Trinajstić information content (AvgIpc) is 3.15. The Morgan fingerprint density at radius 2 is 2.04 bits per heavy atom. The van der Waals surface area contributed by atoms with E-state index in [0.717, 1.165) is 22.6 Å². The summed E-state index contributed by atoms with van der Waals surface area (Å²) < 4.78 is 41.0. The van der Waals surface area contributed by atoms with Gasteiger partial charge in [0.2, 0.25) is 0 Å². The maximum atomic E-state index is 13.2. The molecular weight excluding hydrogens is 388 g/mol. The molecule has 28 heavy (non-hydrogen) atoms. The van der Waals surface area contributed by atoms with Crippen LogP contribution in [0.5, 0.6) is 17.2 Å². The molecule has 0 aliphatic carbocycles. The molecule has 2 aromatic heterocycles. The summed E-state index contributed by atoms with van der Waals surface area (Å²) in [4.78, 5) is 12.0. The molecule has 0 radical (unpaired) electrons. The summed E-state index contributed by atoms with van der Waals surface area (Å²) in [7, 11) is 0. The topological polar surface area (TPSA) is 69.3 Å². The molecule has 0 saturated heterocycles. The Hall–Kier alpha value is -2.81. The highest BCUT2D eigenvalue weighted by molar-refractivity contribution is 7.98. The van der Waals surface area contributed by atoms with Crippen molar-refractivity contribution in [3.05, 3.63) is 47.8 Å². The largest absolute Gasteiger partial charge is 0.586 e. The van der Waals surface area contributed by atoms with Gasteiger partial charge in [0.1, 0.15) is 12.4 Å². The number of halogens is 2. The van der Waals surface area contributed by atoms with Crippen molar-refractivity contribution in [2.75, 3.05) is 6.61 Å². The molecule has 0 fully saturated rings. The lowest BCUT2D eigenvalue weighted by molar-refractivity contribution is -0.286. The van der Waals surface area contributed by atoms with E-state index in [9.17, 15) is 8.78 Å². The minimum Gasteiger partial charge on any atom is -0.489 e. The van der Waals surface area contributed by atoms with Gasteiger partial charge in [-0.25, -0.2) is 4.98 Å². The fourth-order valence-electron chi connectivity index (χ4n) is 2.90. The summed E-state index contributed by atoms with van der Waals surface area (Å²) in [6, 6.07) is 2.89. The maximum Gasteiger partial charge on any atom is 0.586 e. The van der Waals surface area contributed by atoms with E-state index in [1.165, 1.54) is 23.9 Å². The van der Waals surface area contributed by atoms with E-state index in [-0.39, 0.29) is 11.5 Å². The Morgan fingerprint density at radius 3 is 2.79 bits per heavy atom. The first-order valence-electron chi connectivity index (χ1n) is 8.47. The summed E-state index contributed by atoms with van der Waals surface area (Å²) >= 11 is 1.45. The molecule has 1 aliphatic rings. The Balaban J connectivity index is 1.53. The fourth-order valence-corrected chi connectivity index (χ4v) is 3.81. The van der Waals surface area contributed by atoms with Crippen molar-refractivity contribution in [3.63, 3.8) is 0 Å². The van der Waals surface area contributed by atoms with Crippen LogP contribution in [0.1, 0.15) is 16.8 Å². The molecule has 0 bridgehead atoms. The number of thioether (sulfide) groups is 1. The van der Waals surface area contributed by atoms with Crippen LogP contribution in [-0.4, -0.2) is 27.9 Å². The van der Waals surface area contributed by atoms with Crippen LogP contribution in [0.25, 0.3) is 11.0 Å². The number of nitrogens with zero attached hydrogens (tertiary/aromatic N) is 2. The van der Waals surface area contributed by atoms with Gasteiger partial charge in [-0.2, -0.15) is 0 Å². The molecule has 3 aromatic rings. The zero-order chi connectivity index (χ0) is 19.9. The van der Waals surface area contributed by atoms with E-state index in [0.29, 0.717) is 28.5 Å². The molecule has 0 atom stereocenters. The highest BCUT2D eigenvalue weighted by atomic mass is 32.2. The van der Waals surface area contributed by atoms with Crippen LogP contribution in [0.2, 0.25) is 0 Å². The Labute approximate surface area is 163 Å². The van der Waals surface area contributed by atoms with E-state index >= 15 is 0 Å². The van der Waals surface area contributed by atoms with Crippen molar-refractivity contribution in [3.8, 4) is 17.2 Å². The standard InChI is InChI=1S/C19H17F2N3O3S/c1-4-5-25-17-10(2)8-22-14(11(17)3)9-28-18-23-12-6-15-16(7-13(12)24-18)27-19(20,21)26-15/h4,6-8H,1,5,9H2,2-3H3,(H,23,24). The summed E-state index contributed by atoms with van der Waals surface area (Å²) in [6.07, 6.45) is -0.166. The lowest BCUT2D eigenvalue weighted by atomic mass is 10.1. The molecule has 4 rings (SSSR count). The smallest absolute Gasteiger partial charge is 0.489 e. The number of aromatic amines is 1. The van der Waals surface area contributed by atoms with Gasteiger partial charge in [0, 0.05) is 35.2 Å². The minimum absolute atomic E-state index is 0.0160. The molecule has 0 unspecified atom stereocenters. The number of hydrogen-bond acceptors (Lipinski definition) is 6. The van der Waals surface area contributed by atoms with Crippen LogP contribution in [0.4, 0.5) is 8.78 Å². The lowest BCUT2D eigenvalue weighted by Gasteiger charge is -2.13. The van der Waals surface area contributed by atoms with Crippen molar-refractivity contribution < 1.29 is 23.0 Å². The van der Waals surface area contributed by atoms with Crippen molar-refractivity contribution in [2.24, 2.45) is 0 Å². The SMILES string of the molecule is C=CCOc1c(C)cnc(CSc2nc3cc4c(cc3[nH]2)OC(F)(F)O4)c1C. The summed E-state index contributed by atoms with van der Waals surface area (Å²) in [5.41, 5.74) is 3.91. The van der Waals surface area contributed by atoms with Gasteiger partial charge in [-0.15, -0.1) is 8.78 Å². The molecule has 1 N–H and O–H groups in total. The number of aromatic nitrogens is 3. The maximum absolute atomic E-state index is 13.2. The van der Waals surface area contributed by atoms with Gasteiger partial charge in [-0.3, -0.25) is 4.98 Å². The van der Waals surface area contributed by atoms with Crippen LogP contribution >= 0.6 is 11.8 Å². The van der Waals surface area contributed by atoms with Gasteiger partial charge in [-0.05, 0) is 13.8 Å². The lowest BCUT2D eigenvalue weighted by Crippen LogP contribution is -2.25. The molecule has 0 spiro atoms. The molecule has 1 aliphatic heterocycles. The predicted octanol–water partition coefficient (Wildman–Crippen LogP) is 4.75. The highest BCUT2D eigenvalue weighted by Gasteiger charge is 2.43. The van der Waals surface area contributed by atoms with Gasteiger partial charge in [-0.1, -0.05) is 24.4 Å². The second-order valence-corrected chi connectivity index (χ2v) is 7.22. The molecule has 1 aromatic carbocycles. The Kier molecular flexibility index (Phi) is 4.62. The van der Waals surface area contributed by atoms with Gasteiger partial charge < -0.3 is 19.2 Å². The van der Waals surface area contributed by atoms with Crippen LogP contribution in [0.3, 0.4) is 0 Å².